The van der Waals surface area contributed by atoms with E-state index in [0.29, 0.717) is 25.3 Å². The van der Waals surface area contributed by atoms with Crippen molar-refractivity contribution in [3.05, 3.63) is 29.8 Å². The fraction of sp³-hybridized carbons (Fsp3) is 0.579. The molecule has 1 saturated heterocycles. The summed E-state index contributed by atoms with van der Waals surface area (Å²) in [5.41, 5.74) is 1.49. The number of carbonyl (C=O) groups excluding carboxylic acids is 2. The molecule has 0 radical (unpaired) electrons. The maximum absolute atomic E-state index is 12.8. The summed E-state index contributed by atoms with van der Waals surface area (Å²) >= 11 is 0. The van der Waals surface area contributed by atoms with E-state index in [1.807, 2.05) is 26.0 Å². The summed E-state index contributed by atoms with van der Waals surface area (Å²) in [5, 5.41) is 5.86. The highest BCUT2D eigenvalue weighted by atomic mass is 35.5. The van der Waals surface area contributed by atoms with E-state index in [2.05, 4.69) is 10.6 Å². The molecular weight excluding hydrogens is 402 g/mol. The van der Waals surface area contributed by atoms with Crippen molar-refractivity contribution in [2.75, 3.05) is 24.7 Å². The van der Waals surface area contributed by atoms with Gasteiger partial charge in [-0.1, -0.05) is 12.1 Å². The number of halogens is 1. The van der Waals surface area contributed by atoms with Gasteiger partial charge in [0.15, 0.2) is 14.6 Å². The van der Waals surface area contributed by atoms with Gasteiger partial charge in [-0.3, -0.25) is 9.59 Å². The molecule has 7 nitrogen and oxygen atoms in total. The van der Waals surface area contributed by atoms with Crippen LogP contribution in [-0.4, -0.2) is 55.3 Å². The summed E-state index contributed by atoms with van der Waals surface area (Å²) in [4.78, 5) is 26.3. The lowest BCUT2D eigenvalue weighted by atomic mass is 9.95. The van der Waals surface area contributed by atoms with Gasteiger partial charge in [-0.25, -0.2) is 8.42 Å². The fourth-order valence-corrected chi connectivity index (χ4v) is 4.72. The number of nitrogens with one attached hydrogen (secondary N) is 2. The van der Waals surface area contributed by atoms with Crippen LogP contribution in [0.1, 0.15) is 39.2 Å². The Morgan fingerprint density at radius 1 is 1.18 bits per heavy atom. The van der Waals surface area contributed by atoms with Crippen molar-refractivity contribution in [2.45, 2.75) is 50.9 Å². The summed E-state index contributed by atoms with van der Waals surface area (Å²) in [7, 11) is -3.55. The summed E-state index contributed by atoms with van der Waals surface area (Å²) < 4.78 is 23.2. The Hall–Kier alpha value is -1.64. The zero-order valence-corrected chi connectivity index (χ0v) is 18.5. The number of rotatable bonds is 6. The first-order chi connectivity index (χ1) is 12.6. The van der Waals surface area contributed by atoms with Crippen molar-refractivity contribution < 1.29 is 18.0 Å². The third-order valence-electron chi connectivity index (χ3n) is 5.13. The van der Waals surface area contributed by atoms with Crippen LogP contribution in [0.5, 0.6) is 0 Å². The van der Waals surface area contributed by atoms with Crippen LogP contribution in [0.3, 0.4) is 0 Å². The predicted molar refractivity (Wildman–Crippen MR) is 113 cm³/mol. The lowest BCUT2D eigenvalue weighted by Gasteiger charge is -2.34. The predicted octanol–water partition coefficient (Wildman–Crippen LogP) is 1.97. The van der Waals surface area contributed by atoms with E-state index in [9.17, 15) is 18.0 Å². The minimum Gasteiger partial charge on any atom is -0.336 e. The minimum atomic E-state index is -3.55. The SMILES string of the molecule is CC(=O)N(Cc1ccc(NC(=O)C2(S(C)(=O)=O)CCNCC2)cc1)C(C)C.Cl. The maximum Gasteiger partial charge on any atom is 0.245 e. The molecule has 2 N–H and O–H groups in total. The highest BCUT2D eigenvalue weighted by Gasteiger charge is 2.48. The van der Waals surface area contributed by atoms with Crippen molar-refractivity contribution in [3.63, 3.8) is 0 Å². The highest BCUT2D eigenvalue weighted by molar-refractivity contribution is 7.92. The van der Waals surface area contributed by atoms with E-state index in [4.69, 9.17) is 0 Å². The van der Waals surface area contributed by atoms with Crippen LogP contribution >= 0.6 is 12.4 Å². The molecule has 1 aromatic rings. The monoisotopic (exact) mass is 431 g/mol. The van der Waals surface area contributed by atoms with Gasteiger partial charge in [0.1, 0.15) is 0 Å². The first-order valence-electron chi connectivity index (χ1n) is 9.15. The van der Waals surface area contributed by atoms with Crippen LogP contribution in [0.4, 0.5) is 5.69 Å². The third-order valence-corrected chi connectivity index (χ3v) is 7.14. The molecule has 2 amide bonds. The molecule has 2 rings (SSSR count). The molecule has 1 aliphatic rings. The number of hydrogen-bond acceptors (Lipinski definition) is 5. The molecule has 28 heavy (non-hydrogen) atoms. The number of benzene rings is 1. The smallest absolute Gasteiger partial charge is 0.245 e. The molecular formula is C19H30ClN3O4S. The zero-order valence-electron chi connectivity index (χ0n) is 16.8. The minimum absolute atomic E-state index is 0. The van der Waals surface area contributed by atoms with Gasteiger partial charge in [-0.15, -0.1) is 12.4 Å². The molecule has 0 unspecified atom stereocenters. The van der Waals surface area contributed by atoms with Gasteiger partial charge in [0.2, 0.25) is 11.8 Å². The van der Waals surface area contributed by atoms with Gasteiger partial charge in [0, 0.05) is 31.5 Å². The van der Waals surface area contributed by atoms with Gasteiger partial charge < -0.3 is 15.5 Å². The fourth-order valence-electron chi connectivity index (χ4n) is 3.39. The molecule has 0 aliphatic carbocycles. The zero-order chi connectivity index (χ0) is 20.2. The molecule has 0 aromatic heterocycles. The van der Waals surface area contributed by atoms with E-state index < -0.39 is 20.5 Å². The second kappa shape index (κ2) is 9.71. The van der Waals surface area contributed by atoms with Crippen molar-refractivity contribution in [1.29, 1.82) is 0 Å². The number of amides is 2. The Labute approximate surface area is 173 Å². The van der Waals surface area contributed by atoms with E-state index in [-0.39, 0.29) is 37.2 Å². The van der Waals surface area contributed by atoms with E-state index >= 15 is 0 Å². The molecule has 0 saturated carbocycles. The number of anilines is 1. The van der Waals surface area contributed by atoms with Gasteiger partial charge in [-0.2, -0.15) is 0 Å². The highest BCUT2D eigenvalue weighted by Crippen LogP contribution is 2.29. The van der Waals surface area contributed by atoms with Crippen molar-refractivity contribution in [1.82, 2.24) is 10.2 Å². The first kappa shape index (κ1) is 24.4. The van der Waals surface area contributed by atoms with Gasteiger partial charge in [0.25, 0.3) is 0 Å². The number of nitrogens with zero attached hydrogens (tertiary/aromatic N) is 1. The van der Waals surface area contributed by atoms with Crippen LogP contribution in [0.25, 0.3) is 0 Å². The van der Waals surface area contributed by atoms with Gasteiger partial charge >= 0.3 is 0 Å². The average molecular weight is 432 g/mol. The molecule has 1 fully saturated rings. The van der Waals surface area contributed by atoms with Crippen molar-refractivity contribution in [2.24, 2.45) is 0 Å². The Balaban J connectivity index is 0.00000392. The summed E-state index contributed by atoms with van der Waals surface area (Å²) in [5.74, 6) is -0.477. The van der Waals surface area contributed by atoms with Crippen LogP contribution in [0.15, 0.2) is 24.3 Å². The Morgan fingerprint density at radius 2 is 1.71 bits per heavy atom. The van der Waals surface area contributed by atoms with Gasteiger partial charge in [0.05, 0.1) is 0 Å². The van der Waals surface area contributed by atoms with Crippen LogP contribution < -0.4 is 10.6 Å². The number of carbonyl (C=O) groups is 2. The standard InChI is InChI=1S/C19H29N3O4S.ClH/c1-14(2)22(15(3)23)13-16-5-7-17(8-6-16)21-18(24)19(27(4,25)26)9-11-20-12-10-19;/h5-8,14,20H,9-13H2,1-4H3,(H,21,24);1H. The maximum atomic E-state index is 12.8. The first-order valence-corrected chi connectivity index (χ1v) is 11.0. The van der Waals surface area contributed by atoms with E-state index in [0.717, 1.165) is 11.8 Å². The molecule has 0 atom stereocenters. The van der Waals surface area contributed by atoms with E-state index in [1.54, 1.807) is 17.0 Å². The Morgan fingerprint density at radius 3 is 2.14 bits per heavy atom. The molecule has 158 valence electrons. The topological polar surface area (TPSA) is 95.6 Å². The Kier molecular flexibility index (Phi) is 8.46. The third kappa shape index (κ3) is 5.46. The van der Waals surface area contributed by atoms with Crippen LogP contribution in [-0.2, 0) is 26.0 Å². The largest absolute Gasteiger partial charge is 0.336 e. The van der Waals surface area contributed by atoms with Crippen LogP contribution in [0.2, 0.25) is 0 Å². The molecule has 9 heteroatoms. The summed E-state index contributed by atoms with van der Waals surface area (Å²) in [6.45, 7) is 6.93. The second-order valence-electron chi connectivity index (χ2n) is 7.41. The Bertz CT molecular complexity index is 788. The van der Waals surface area contributed by atoms with Crippen LogP contribution in [0, 0.1) is 0 Å². The quantitative estimate of drug-likeness (QED) is 0.717. The molecule has 1 aromatic carbocycles. The average Bonchev–Trinajstić information content (AvgIpc) is 2.60. The summed E-state index contributed by atoms with van der Waals surface area (Å²) in [6.07, 6.45) is 1.65. The van der Waals surface area contributed by atoms with Crippen molar-refractivity contribution in [3.8, 4) is 0 Å². The van der Waals surface area contributed by atoms with E-state index in [1.165, 1.54) is 6.92 Å². The normalized spacial score (nSPS) is 16.2. The van der Waals surface area contributed by atoms with Crippen molar-refractivity contribution >= 4 is 39.7 Å². The lowest BCUT2D eigenvalue weighted by Crippen LogP contribution is -2.55. The summed E-state index contributed by atoms with van der Waals surface area (Å²) in [6, 6.07) is 7.25. The number of piperidine rings is 1. The molecule has 1 heterocycles. The second-order valence-corrected chi connectivity index (χ2v) is 9.73. The number of hydrogen-bond donors (Lipinski definition) is 2. The lowest BCUT2D eigenvalue weighted by molar-refractivity contribution is -0.131. The van der Waals surface area contributed by atoms with Gasteiger partial charge in [-0.05, 0) is 57.5 Å². The molecule has 0 bridgehead atoms. The molecule has 1 aliphatic heterocycles. The molecule has 0 spiro atoms. The number of sulfone groups is 1.